The monoisotopic (exact) mass is 981 g/mol. The Morgan fingerprint density at radius 2 is 1.63 bits per heavy atom. The van der Waals surface area contributed by atoms with Gasteiger partial charge in [0.25, 0.3) is 0 Å². The third-order valence-electron chi connectivity index (χ3n) is 12.6. The van der Waals surface area contributed by atoms with E-state index >= 15 is 0 Å². The quantitative estimate of drug-likeness (QED) is 0.137. The zero-order valence-electron chi connectivity index (χ0n) is 40.4. The van der Waals surface area contributed by atoms with Crippen LogP contribution in [0.5, 0.6) is 5.75 Å². The van der Waals surface area contributed by atoms with Gasteiger partial charge >= 0.3 is 0 Å². The molecular formula is C53H59N9O6S2. The molecule has 4 bridgehead atoms. The number of rotatable bonds is 2. The molecule has 1 fully saturated rings. The van der Waals surface area contributed by atoms with Gasteiger partial charge in [-0.15, -0.1) is 32.9 Å². The van der Waals surface area contributed by atoms with Crippen molar-refractivity contribution in [1.82, 2.24) is 40.6 Å². The van der Waals surface area contributed by atoms with Crippen molar-refractivity contribution in [3.8, 4) is 21.2 Å². The Labute approximate surface area is 416 Å². The molecule has 70 heavy (non-hydrogen) atoms. The largest absolute Gasteiger partial charge is 0.494 e. The fourth-order valence-corrected chi connectivity index (χ4v) is 10.8. The number of nitrogens with zero attached hydrogens (tertiary/aromatic N) is 6. The van der Waals surface area contributed by atoms with Gasteiger partial charge in [-0.25, -0.2) is 4.98 Å². The minimum atomic E-state index is -0.991. The van der Waals surface area contributed by atoms with E-state index in [2.05, 4.69) is 45.0 Å². The average Bonchev–Trinajstić information content (AvgIpc) is 4.10. The van der Waals surface area contributed by atoms with Crippen LogP contribution in [0, 0.1) is 33.1 Å². The summed E-state index contributed by atoms with van der Waals surface area (Å²) in [6, 6.07) is 12.4. The van der Waals surface area contributed by atoms with E-state index in [0.29, 0.717) is 36.8 Å². The molecule has 0 unspecified atom stereocenters. The van der Waals surface area contributed by atoms with Crippen LogP contribution in [0.3, 0.4) is 0 Å². The molecule has 364 valence electrons. The van der Waals surface area contributed by atoms with Gasteiger partial charge in [0.15, 0.2) is 5.82 Å². The van der Waals surface area contributed by atoms with E-state index in [4.69, 9.17) is 9.73 Å². The van der Waals surface area contributed by atoms with Crippen molar-refractivity contribution in [1.29, 1.82) is 0 Å². The van der Waals surface area contributed by atoms with Crippen LogP contribution < -0.4 is 20.7 Å². The number of aryl methyl sites for hydroxylation is 3. The molecule has 4 aliphatic heterocycles. The molecule has 5 aromatic rings. The van der Waals surface area contributed by atoms with E-state index in [1.807, 2.05) is 93.8 Å². The Balaban J connectivity index is 1.09. The molecule has 5 atom stereocenters. The first-order chi connectivity index (χ1) is 33.6. The lowest BCUT2D eigenvalue weighted by molar-refractivity contribution is -0.143. The van der Waals surface area contributed by atoms with Crippen LogP contribution >= 0.6 is 22.7 Å². The summed E-state index contributed by atoms with van der Waals surface area (Å²) >= 11 is 3.19. The smallest absolute Gasteiger partial charge is 0.246 e. The van der Waals surface area contributed by atoms with Crippen molar-refractivity contribution in [2.75, 3.05) is 13.2 Å². The van der Waals surface area contributed by atoms with E-state index in [-0.39, 0.29) is 25.3 Å². The predicted molar refractivity (Wildman–Crippen MR) is 273 cm³/mol. The fourth-order valence-electron chi connectivity index (χ4n) is 8.77. The van der Waals surface area contributed by atoms with E-state index in [9.17, 15) is 24.3 Å². The summed E-state index contributed by atoms with van der Waals surface area (Å²) in [7, 11) is 0. The molecule has 0 aliphatic carbocycles. The van der Waals surface area contributed by atoms with Crippen LogP contribution in [0.15, 0.2) is 108 Å². The van der Waals surface area contributed by atoms with E-state index < -0.39 is 53.4 Å². The van der Waals surface area contributed by atoms with Gasteiger partial charge in [0, 0.05) is 35.2 Å². The number of aliphatic hydroxyl groups excluding tert-OH is 1. The van der Waals surface area contributed by atoms with Crippen LogP contribution in [0.2, 0.25) is 0 Å². The molecule has 2 aromatic carbocycles. The number of carbonyl (C=O) groups is 4. The third-order valence-corrected chi connectivity index (χ3v) is 14.8. The van der Waals surface area contributed by atoms with Gasteiger partial charge in [0.2, 0.25) is 23.6 Å². The number of aromatic nitrogens is 4. The van der Waals surface area contributed by atoms with Crippen LogP contribution in [-0.2, 0) is 19.2 Å². The average molecular weight is 982 g/mol. The maximum absolute atomic E-state index is 14.4. The van der Waals surface area contributed by atoms with E-state index in [1.165, 1.54) is 11.0 Å². The zero-order chi connectivity index (χ0) is 49.7. The summed E-state index contributed by atoms with van der Waals surface area (Å²) in [5, 5.41) is 29.7. The highest BCUT2D eigenvalue weighted by molar-refractivity contribution is 7.15. The lowest BCUT2D eigenvalue weighted by Gasteiger charge is -2.35. The molecular weight excluding hydrogens is 923 g/mol. The summed E-state index contributed by atoms with van der Waals surface area (Å²) in [6.45, 7) is 13.9. The van der Waals surface area contributed by atoms with Gasteiger partial charge in [-0.05, 0) is 99.1 Å². The van der Waals surface area contributed by atoms with Crippen molar-refractivity contribution in [3.05, 3.63) is 147 Å². The highest BCUT2D eigenvalue weighted by Crippen LogP contribution is 2.40. The standard InChI is InChI=1S/C53H59N9O6S2/c1-31-33(3)70-52-45(31)46-36-21-23-39(24-22-36)68-26-14-10-12-16-43(64)58-48(53(5,6)7)51(67)61-29-38(63)27-42(61)50(66)57-40(35-17-19-37(20-18-35)47-32(2)55-30-69-47)15-11-8-9-13-25-54-44(65)28-41(56-46)49-60-59-34(4)62(49)52/h8-9,11-13,15-25,30,38,40-42,48,63H,10,14,26-29H2,1-7H3,(H,54,65)(H,57,66)(H,58,64)/b9-8+,15-11+,16-12+,25-13-/t38-,40+,41+,42+,48-/m1/s1. The Morgan fingerprint density at radius 1 is 0.886 bits per heavy atom. The summed E-state index contributed by atoms with van der Waals surface area (Å²) in [6.07, 6.45) is 13.9. The van der Waals surface area contributed by atoms with Gasteiger partial charge in [-0.2, -0.15) is 0 Å². The normalized spacial score (nSPS) is 23.7. The number of hydrogen-bond donors (Lipinski definition) is 4. The lowest BCUT2D eigenvalue weighted by atomic mass is 9.85. The first kappa shape index (κ1) is 49.6. The molecule has 1 saturated heterocycles. The summed E-state index contributed by atoms with van der Waals surface area (Å²) in [4.78, 5) is 68.9. The third kappa shape index (κ3) is 11.1. The Hall–Kier alpha value is -6.82. The molecule has 4 amide bonds. The van der Waals surface area contributed by atoms with Crippen molar-refractivity contribution >= 4 is 52.0 Å². The molecule has 3 aromatic heterocycles. The number of amides is 4. The minimum Gasteiger partial charge on any atom is -0.494 e. The number of thiazole rings is 1. The highest BCUT2D eigenvalue weighted by atomic mass is 32.1. The number of hydrogen-bond acceptors (Lipinski definition) is 12. The van der Waals surface area contributed by atoms with Gasteiger partial charge < -0.3 is 30.7 Å². The van der Waals surface area contributed by atoms with E-state index in [1.54, 1.807) is 64.8 Å². The number of benzene rings is 2. The summed E-state index contributed by atoms with van der Waals surface area (Å²) in [5.41, 5.74) is 7.47. The number of carbonyl (C=O) groups excluding carboxylic acids is 4. The molecule has 0 radical (unpaired) electrons. The zero-order valence-corrected chi connectivity index (χ0v) is 42.1. The molecule has 0 spiro atoms. The van der Waals surface area contributed by atoms with Crippen LogP contribution in [0.25, 0.3) is 15.4 Å². The van der Waals surface area contributed by atoms with Gasteiger partial charge in [-0.1, -0.05) is 75.4 Å². The molecule has 17 heteroatoms. The molecule has 15 nitrogen and oxygen atoms in total. The molecule has 4 N–H and O–H groups in total. The van der Waals surface area contributed by atoms with Crippen LogP contribution in [0.1, 0.15) is 103 Å². The second kappa shape index (κ2) is 21.4. The van der Waals surface area contributed by atoms with Crippen molar-refractivity contribution in [2.24, 2.45) is 10.4 Å². The molecule has 9 rings (SSSR count). The maximum atomic E-state index is 14.4. The molecule has 4 aliphatic rings. The molecule has 0 saturated carbocycles. The molecule has 7 heterocycles. The van der Waals surface area contributed by atoms with Gasteiger partial charge in [-0.3, -0.25) is 28.7 Å². The van der Waals surface area contributed by atoms with Gasteiger partial charge in [0.1, 0.15) is 34.7 Å². The minimum absolute atomic E-state index is 0.0144. The predicted octanol–water partition coefficient (Wildman–Crippen LogP) is 7.79. The van der Waals surface area contributed by atoms with Crippen LogP contribution in [-0.4, -0.2) is 90.4 Å². The second-order valence-corrected chi connectivity index (χ2v) is 20.9. The number of fused-ring (bicyclic) bond motifs is 21. The van der Waals surface area contributed by atoms with E-state index in [0.717, 1.165) is 54.0 Å². The number of aliphatic imine (C=N–C) groups is 1. The number of ether oxygens (including phenoxy) is 1. The Bertz CT molecular complexity index is 2900. The number of thiophene rings is 1. The summed E-state index contributed by atoms with van der Waals surface area (Å²) < 4.78 is 8.12. The highest BCUT2D eigenvalue weighted by Gasteiger charge is 2.45. The van der Waals surface area contributed by atoms with Crippen LogP contribution in [0.4, 0.5) is 0 Å². The SMILES string of the molecule is Cc1ncsc1-c1ccc([C@@H]2/C=C/C=C/C=C\NC(=O)C[C@@H]3N=C(c4ccc(cc4)OCCC/C=C/C(=O)N[C@@H](C(C)(C)C)C(=O)N4C[C@H](O)C[C@H]4C(=O)N2)c2c(sc(C)c2C)-n2c(C)nnc23)cc1. The number of allylic oxidation sites excluding steroid dienone is 5. The summed E-state index contributed by atoms with van der Waals surface area (Å²) in [5.74, 6) is 0.360. The Morgan fingerprint density at radius 3 is 2.36 bits per heavy atom. The van der Waals surface area contributed by atoms with Crippen molar-refractivity contribution in [3.63, 3.8) is 0 Å². The van der Waals surface area contributed by atoms with Crippen molar-refractivity contribution < 1.29 is 29.0 Å². The lowest BCUT2D eigenvalue weighted by Crippen LogP contribution is -2.57. The second-order valence-electron chi connectivity index (χ2n) is 18.8. The number of aliphatic hydroxyl groups is 1. The first-order valence-corrected chi connectivity index (χ1v) is 25.2. The fraction of sp³-hybridized carbons (Fsp3) is 0.358. The van der Waals surface area contributed by atoms with Gasteiger partial charge in [0.05, 0.1) is 47.0 Å². The van der Waals surface area contributed by atoms with Crippen molar-refractivity contribution in [2.45, 2.75) is 104 Å². The topological polar surface area (TPSA) is 193 Å². The first-order valence-electron chi connectivity index (χ1n) is 23.5. The number of nitrogens with one attached hydrogen (secondary N) is 3. The Kier molecular flexibility index (Phi) is 15.2. The maximum Gasteiger partial charge on any atom is 0.246 e.